The molecule has 0 unspecified atom stereocenters. The van der Waals surface area contributed by atoms with Crippen molar-refractivity contribution < 1.29 is 9.59 Å². The highest BCUT2D eigenvalue weighted by molar-refractivity contribution is 5.96. The molecule has 0 aliphatic carbocycles. The third-order valence-corrected chi connectivity index (χ3v) is 5.12. The zero-order chi connectivity index (χ0) is 22.2. The predicted octanol–water partition coefficient (Wildman–Crippen LogP) is 4.46. The maximum absolute atomic E-state index is 13.5. The first-order valence-electron chi connectivity index (χ1n) is 10.4. The Hall–Kier alpha value is -4.25. The minimum Gasteiger partial charge on any atom is -0.343 e. The van der Waals surface area contributed by atoms with Gasteiger partial charge in [0.2, 0.25) is 5.91 Å². The van der Waals surface area contributed by atoms with Crippen molar-refractivity contribution in [2.24, 2.45) is 0 Å². The van der Waals surface area contributed by atoms with Crippen molar-refractivity contribution in [1.29, 1.82) is 0 Å². The van der Waals surface area contributed by atoms with Crippen molar-refractivity contribution in [3.8, 4) is 0 Å². The quantitative estimate of drug-likeness (QED) is 0.463. The molecule has 0 radical (unpaired) electrons. The summed E-state index contributed by atoms with van der Waals surface area (Å²) >= 11 is 0. The molecule has 0 saturated heterocycles. The van der Waals surface area contributed by atoms with E-state index in [-0.39, 0.29) is 17.6 Å². The molecule has 5 heteroatoms. The van der Waals surface area contributed by atoms with Crippen LogP contribution in [0.15, 0.2) is 115 Å². The number of carbonyl (C=O) groups is 2. The lowest BCUT2D eigenvalue weighted by Gasteiger charge is -2.24. The number of hydrogen-bond donors (Lipinski definition) is 2. The second-order valence-electron chi connectivity index (χ2n) is 7.30. The van der Waals surface area contributed by atoms with Crippen molar-refractivity contribution in [2.75, 3.05) is 0 Å². The van der Waals surface area contributed by atoms with Crippen molar-refractivity contribution in [3.05, 3.63) is 138 Å². The highest BCUT2D eigenvalue weighted by Gasteiger charge is 2.27. The van der Waals surface area contributed by atoms with Gasteiger partial charge in [0.1, 0.15) is 11.7 Å². The average Bonchev–Trinajstić information content (AvgIpc) is 2.87. The Bertz CT molecular complexity index is 1110. The van der Waals surface area contributed by atoms with Crippen molar-refractivity contribution in [3.63, 3.8) is 0 Å². The Morgan fingerprint density at radius 3 is 1.59 bits per heavy atom. The van der Waals surface area contributed by atoms with E-state index in [2.05, 4.69) is 15.6 Å². The number of carbonyl (C=O) groups excluding carboxylic acids is 2. The van der Waals surface area contributed by atoms with E-state index >= 15 is 0 Å². The second kappa shape index (κ2) is 10.2. The molecular weight excluding hydrogens is 398 g/mol. The van der Waals surface area contributed by atoms with Gasteiger partial charge < -0.3 is 10.6 Å². The van der Waals surface area contributed by atoms with E-state index in [9.17, 15) is 9.59 Å². The van der Waals surface area contributed by atoms with Gasteiger partial charge in [-0.15, -0.1) is 0 Å². The molecule has 5 nitrogen and oxygen atoms in total. The molecule has 0 bridgehead atoms. The lowest BCUT2D eigenvalue weighted by atomic mass is 9.97. The summed E-state index contributed by atoms with van der Waals surface area (Å²) < 4.78 is 0. The fraction of sp³-hybridized carbons (Fsp3) is 0.0741. The summed E-state index contributed by atoms with van der Waals surface area (Å²) in [5.41, 5.74) is 2.85. The standard InChI is InChI=1S/C27H23N3O2/c31-26(23-18-10-11-19-28-23)30-25(22-16-8-3-9-17-22)27(32)29-24(20-12-4-1-5-13-20)21-14-6-2-7-15-21/h1-19,24-25H,(H,29,32)(H,30,31)/t25-/m0/s1. The molecule has 0 fully saturated rings. The van der Waals surface area contributed by atoms with E-state index in [4.69, 9.17) is 0 Å². The van der Waals surface area contributed by atoms with Gasteiger partial charge in [-0.1, -0.05) is 97.1 Å². The number of aromatic nitrogens is 1. The largest absolute Gasteiger partial charge is 0.343 e. The van der Waals surface area contributed by atoms with Gasteiger partial charge in [-0.05, 0) is 28.8 Å². The number of hydrogen-bond acceptors (Lipinski definition) is 3. The van der Waals surface area contributed by atoms with E-state index in [1.54, 1.807) is 24.4 Å². The Labute approximate surface area is 187 Å². The summed E-state index contributed by atoms with van der Waals surface area (Å²) in [6.07, 6.45) is 1.55. The molecule has 32 heavy (non-hydrogen) atoms. The molecule has 4 rings (SSSR count). The number of nitrogens with zero attached hydrogens (tertiary/aromatic N) is 1. The monoisotopic (exact) mass is 421 g/mol. The molecule has 2 amide bonds. The highest BCUT2D eigenvalue weighted by atomic mass is 16.2. The number of nitrogens with one attached hydrogen (secondary N) is 2. The van der Waals surface area contributed by atoms with Crippen LogP contribution in [0.1, 0.15) is 39.3 Å². The van der Waals surface area contributed by atoms with Crippen LogP contribution in [0.5, 0.6) is 0 Å². The SMILES string of the molecule is O=C(N[C@H](C(=O)NC(c1ccccc1)c1ccccc1)c1ccccc1)c1ccccn1. The van der Waals surface area contributed by atoms with Crippen LogP contribution >= 0.6 is 0 Å². The lowest BCUT2D eigenvalue weighted by Crippen LogP contribution is -2.42. The summed E-state index contributed by atoms with van der Waals surface area (Å²) in [6, 6.07) is 32.6. The summed E-state index contributed by atoms with van der Waals surface area (Å²) in [6.45, 7) is 0. The molecular formula is C27H23N3O2. The zero-order valence-electron chi connectivity index (χ0n) is 17.4. The van der Waals surface area contributed by atoms with Gasteiger partial charge in [0.25, 0.3) is 5.91 Å². The van der Waals surface area contributed by atoms with Crippen LogP contribution < -0.4 is 10.6 Å². The van der Waals surface area contributed by atoms with Gasteiger partial charge in [-0.3, -0.25) is 14.6 Å². The summed E-state index contributed by atoms with van der Waals surface area (Å²) in [5.74, 6) is -0.719. The minimum absolute atomic E-state index is 0.254. The first kappa shape index (κ1) is 21.0. The van der Waals surface area contributed by atoms with Crippen LogP contribution in [-0.4, -0.2) is 16.8 Å². The molecule has 3 aromatic carbocycles. The summed E-state index contributed by atoms with van der Waals surface area (Å²) in [5, 5.41) is 5.98. The van der Waals surface area contributed by atoms with E-state index in [1.165, 1.54) is 0 Å². The predicted molar refractivity (Wildman–Crippen MR) is 124 cm³/mol. The van der Waals surface area contributed by atoms with Gasteiger partial charge in [0.05, 0.1) is 6.04 Å². The van der Waals surface area contributed by atoms with Crippen LogP contribution in [0.2, 0.25) is 0 Å². The average molecular weight is 422 g/mol. The van der Waals surface area contributed by atoms with E-state index < -0.39 is 11.9 Å². The van der Waals surface area contributed by atoms with Gasteiger partial charge in [-0.2, -0.15) is 0 Å². The third kappa shape index (κ3) is 5.08. The van der Waals surface area contributed by atoms with E-state index in [0.29, 0.717) is 5.56 Å². The maximum Gasteiger partial charge on any atom is 0.270 e. The fourth-order valence-electron chi connectivity index (χ4n) is 3.52. The maximum atomic E-state index is 13.5. The Morgan fingerprint density at radius 1 is 0.594 bits per heavy atom. The molecule has 1 heterocycles. The van der Waals surface area contributed by atoms with Crippen molar-refractivity contribution in [1.82, 2.24) is 15.6 Å². The first-order chi connectivity index (χ1) is 15.7. The highest BCUT2D eigenvalue weighted by Crippen LogP contribution is 2.24. The smallest absolute Gasteiger partial charge is 0.270 e. The van der Waals surface area contributed by atoms with Crippen molar-refractivity contribution >= 4 is 11.8 Å². The molecule has 2 N–H and O–H groups in total. The second-order valence-corrected chi connectivity index (χ2v) is 7.30. The fourth-order valence-corrected chi connectivity index (χ4v) is 3.52. The van der Waals surface area contributed by atoms with Crippen molar-refractivity contribution in [2.45, 2.75) is 12.1 Å². The molecule has 0 spiro atoms. The van der Waals surface area contributed by atoms with Crippen LogP contribution in [0, 0.1) is 0 Å². The third-order valence-electron chi connectivity index (χ3n) is 5.12. The Balaban J connectivity index is 1.64. The molecule has 0 aliphatic rings. The number of pyridine rings is 1. The van der Waals surface area contributed by atoms with Crippen LogP contribution in [0.3, 0.4) is 0 Å². The molecule has 0 aliphatic heterocycles. The van der Waals surface area contributed by atoms with E-state index in [0.717, 1.165) is 11.1 Å². The summed E-state index contributed by atoms with van der Waals surface area (Å²) in [7, 11) is 0. The molecule has 1 aromatic heterocycles. The number of benzene rings is 3. The first-order valence-corrected chi connectivity index (χ1v) is 10.4. The zero-order valence-corrected chi connectivity index (χ0v) is 17.4. The molecule has 4 aromatic rings. The van der Waals surface area contributed by atoms with E-state index in [1.807, 2.05) is 91.0 Å². The minimum atomic E-state index is -0.874. The van der Waals surface area contributed by atoms with Gasteiger partial charge in [-0.25, -0.2) is 0 Å². The topological polar surface area (TPSA) is 71.1 Å². The Kier molecular flexibility index (Phi) is 6.68. The number of amides is 2. The van der Waals surface area contributed by atoms with Gasteiger partial charge in [0.15, 0.2) is 0 Å². The molecule has 0 saturated carbocycles. The number of rotatable bonds is 7. The Morgan fingerprint density at radius 2 is 1.09 bits per heavy atom. The molecule has 158 valence electrons. The van der Waals surface area contributed by atoms with Crippen LogP contribution in [0.25, 0.3) is 0 Å². The lowest BCUT2D eigenvalue weighted by molar-refractivity contribution is -0.123. The van der Waals surface area contributed by atoms with Gasteiger partial charge in [0, 0.05) is 6.20 Å². The van der Waals surface area contributed by atoms with Crippen LogP contribution in [-0.2, 0) is 4.79 Å². The van der Waals surface area contributed by atoms with Crippen LogP contribution in [0.4, 0.5) is 0 Å². The molecule has 1 atom stereocenters. The van der Waals surface area contributed by atoms with Gasteiger partial charge >= 0.3 is 0 Å². The normalized spacial score (nSPS) is 11.5. The summed E-state index contributed by atoms with van der Waals surface area (Å²) in [4.78, 5) is 30.4.